The van der Waals surface area contributed by atoms with E-state index in [1.54, 1.807) is 0 Å². The molecule has 0 unspecified atom stereocenters. The van der Waals surface area contributed by atoms with Crippen LogP contribution >= 0.6 is 11.8 Å². The molecule has 7 heteroatoms. The van der Waals surface area contributed by atoms with Crippen molar-refractivity contribution in [2.24, 2.45) is 5.73 Å². The van der Waals surface area contributed by atoms with Gasteiger partial charge in [0.1, 0.15) is 6.04 Å². The Hall–Kier alpha value is -0.790. The Bertz CT molecular complexity index is 165. The molecule has 0 heterocycles. The predicted molar refractivity (Wildman–Crippen MR) is 41.7 cm³/mol. The van der Waals surface area contributed by atoms with E-state index in [1.165, 1.54) is 0 Å². The first-order chi connectivity index (χ1) is 5.45. The second-order valence-electron chi connectivity index (χ2n) is 1.97. The first kappa shape index (κ1) is 11.2. The van der Waals surface area contributed by atoms with Crippen molar-refractivity contribution in [2.75, 3.05) is 5.75 Å². The number of thioether (sulfide) groups is 1. The van der Waals surface area contributed by atoms with Crippen LogP contribution in [0.2, 0.25) is 0 Å². The average Bonchev–Trinajstić information content (AvgIpc) is 1.98. The van der Waals surface area contributed by atoms with Crippen molar-refractivity contribution in [1.82, 2.24) is 0 Å². The maximum Gasteiger partial charge on any atom is 0.343 e. The van der Waals surface area contributed by atoms with E-state index < -0.39 is 23.4 Å². The summed E-state index contributed by atoms with van der Waals surface area (Å²) in [7, 11) is 0. The molecule has 0 aromatic carbocycles. The lowest BCUT2D eigenvalue weighted by molar-refractivity contribution is -0.142. The smallest absolute Gasteiger partial charge is 0.343 e. The molecule has 0 aliphatic carbocycles. The fourth-order valence-corrected chi connectivity index (χ4v) is 1.01. The molecule has 6 nitrogen and oxygen atoms in total. The number of carbonyl (C=O) groups is 2. The van der Waals surface area contributed by atoms with Crippen LogP contribution in [0.3, 0.4) is 0 Å². The average molecular weight is 195 g/mol. The molecule has 0 radical (unpaired) electrons. The van der Waals surface area contributed by atoms with Crippen molar-refractivity contribution in [1.29, 1.82) is 0 Å². The van der Waals surface area contributed by atoms with Gasteiger partial charge in [0, 0.05) is 5.75 Å². The first-order valence-corrected chi connectivity index (χ1v) is 4.01. The molecule has 0 rings (SSSR count). The highest BCUT2D eigenvalue weighted by molar-refractivity contribution is 8.00. The number of rotatable bonds is 5. The lowest BCUT2D eigenvalue weighted by atomic mass is 10.4. The molecule has 70 valence electrons. The van der Waals surface area contributed by atoms with Crippen LogP contribution in [0.15, 0.2) is 0 Å². The van der Waals surface area contributed by atoms with Gasteiger partial charge in [-0.15, -0.1) is 11.8 Å². The number of carboxylic acids is 2. The minimum absolute atomic E-state index is 0.136. The third kappa shape index (κ3) is 4.16. The maximum atomic E-state index is 10.1. The van der Waals surface area contributed by atoms with Crippen molar-refractivity contribution in [3.63, 3.8) is 0 Å². The first-order valence-electron chi connectivity index (χ1n) is 2.96. The van der Waals surface area contributed by atoms with Gasteiger partial charge in [-0.2, -0.15) is 0 Å². The van der Waals surface area contributed by atoms with Crippen LogP contribution in [0.4, 0.5) is 0 Å². The third-order valence-electron chi connectivity index (χ3n) is 0.962. The summed E-state index contributed by atoms with van der Waals surface area (Å²) in [4.78, 5) is 20.1. The highest BCUT2D eigenvalue weighted by Crippen LogP contribution is 2.08. The Kier molecular flexibility index (Phi) is 4.64. The minimum atomic E-state index is -1.62. The summed E-state index contributed by atoms with van der Waals surface area (Å²) in [6.07, 6.45) is 0. The fraction of sp³-hybridized carbons (Fsp3) is 0.600. The van der Waals surface area contributed by atoms with Gasteiger partial charge >= 0.3 is 11.9 Å². The zero-order valence-corrected chi connectivity index (χ0v) is 6.82. The molecule has 0 aliphatic heterocycles. The van der Waals surface area contributed by atoms with E-state index in [4.69, 9.17) is 21.1 Å². The van der Waals surface area contributed by atoms with Gasteiger partial charge < -0.3 is 21.1 Å². The molecule has 0 fully saturated rings. The van der Waals surface area contributed by atoms with Crippen LogP contribution in [0.1, 0.15) is 0 Å². The number of hydrogen-bond donors (Lipinski definition) is 4. The molecule has 0 saturated carbocycles. The Morgan fingerprint density at radius 3 is 2.17 bits per heavy atom. The van der Waals surface area contributed by atoms with E-state index in [9.17, 15) is 9.59 Å². The van der Waals surface area contributed by atoms with E-state index in [2.05, 4.69) is 0 Å². The monoisotopic (exact) mass is 195 g/mol. The van der Waals surface area contributed by atoms with Crippen LogP contribution in [-0.2, 0) is 9.59 Å². The maximum absolute atomic E-state index is 10.1. The number of aliphatic hydroxyl groups excluding tert-OH is 1. The third-order valence-corrected chi connectivity index (χ3v) is 2.03. The van der Waals surface area contributed by atoms with Crippen molar-refractivity contribution in [3.8, 4) is 0 Å². The van der Waals surface area contributed by atoms with Gasteiger partial charge in [0.15, 0.2) is 5.44 Å². The highest BCUT2D eigenvalue weighted by Gasteiger charge is 2.18. The van der Waals surface area contributed by atoms with E-state index in [0.717, 1.165) is 0 Å². The lowest BCUT2D eigenvalue weighted by Crippen LogP contribution is -2.34. The Morgan fingerprint density at radius 2 is 1.83 bits per heavy atom. The summed E-state index contributed by atoms with van der Waals surface area (Å²) < 4.78 is 0. The molecule has 0 amide bonds. The van der Waals surface area contributed by atoms with Crippen LogP contribution in [0.5, 0.6) is 0 Å². The summed E-state index contributed by atoms with van der Waals surface area (Å²) in [5.74, 6) is -2.76. The summed E-state index contributed by atoms with van der Waals surface area (Å²) in [5, 5.41) is 25.1. The molecule has 0 aromatic heterocycles. The predicted octanol–water partition coefficient (Wildman–Crippen LogP) is -1.47. The number of carboxylic acid groups (broad SMARTS) is 2. The van der Waals surface area contributed by atoms with Gasteiger partial charge in [0.05, 0.1) is 0 Å². The number of nitrogens with two attached hydrogens (primary N) is 1. The standard InChI is InChI=1S/C5H9NO5S/c6-2(3(7)8)1-12-5(11)4(9)10/h2,5,11H,1,6H2,(H,7,8)(H,9,10)/t2-,5+/m0/s1. The molecule has 5 N–H and O–H groups in total. The number of aliphatic hydroxyl groups is 1. The van der Waals surface area contributed by atoms with Gasteiger partial charge in [0.25, 0.3) is 0 Å². The largest absolute Gasteiger partial charge is 0.480 e. The van der Waals surface area contributed by atoms with E-state index in [-0.39, 0.29) is 5.75 Å². The lowest BCUT2D eigenvalue weighted by Gasteiger charge is -2.07. The zero-order chi connectivity index (χ0) is 9.72. The molecular formula is C5H9NO5S. The number of hydrogen-bond acceptors (Lipinski definition) is 5. The molecule has 12 heavy (non-hydrogen) atoms. The Labute approximate surface area is 72.4 Å². The van der Waals surface area contributed by atoms with Crippen molar-refractivity contribution in [3.05, 3.63) is 0 Å². The summed E-state index contributed by atoms with van der Waals surface area (Å²) in [5.41, 5.74) is 3.43. The fourth-order valence-electron chi connectivity index (χ4n) is 0.337. The molecular weight excluding hydrogens is 186 g/mol. The van der Waals surface area contributed by atoms with Crippen LogP contribution in [0, 0.1) is 0 Å². The summed E-state index contributed by atoms with van der Waals surface area (Å²) in [6, 6.07) is -1.15. The van der Waals surface area contributed by atoms with Crippen LogP contribution in [0.25, 0.3) is 0 Å². The molecule has 0 spiro atoms. The Balaban J connectivity index is 3.68. The molecule has 0 aromatic rings. The summed E-state index contributed by atoms with van der Waals surface area (Å²) >= 11 is 0.571. The Morgan fingerprint density at radius 1 is 1.33 bits per heavy atom. The summed E-state index contributed by atoms with van der Waals surface area (Å²) in [6.45, 7) is 0. The minimum Gasteiger partial charge on any atom is -0.480 e. The van der Waals surface area contributed by atoms with Gasteiger partial charge in [0.2, 0.25) is 0 Å². The van der Waals surface area contributed by atoms with Gasteiger partial charge in [-0.1, -0.05) is 0 Å². The molecule has 0 aliphatic rings. The van der Waals surface area contributed by atoms with E-state index in [1.807, 2.05) is 0 Å². The van der Waals surface area contributed by atoms with E-state index in [0.29, 0.717) is 11.8 Å². The van der Waals surface area contributed by atoms with Gasteiger partial charge in [-0.05, 0) is 0 Å². The quantitative estimate of drug-likeness (QED) is 0.395. The SMILES string of the molecule is N[C@@H](CS[C@@H](O)C(=O)O)C(=O)O. The number of aliphatic carboxylic acids is 2. The molecule has 0 saturated heterocycles. The van der Waals surface area contributed by atoms with Crippen molar-refractivity contribution < 1.29 is 24.9 Å². The van der Waals surface area contributed by atoms with Gasteiger partial charge in [-0.25, -0.2) is 4.79 Å². The van der Waals surface area contributed by atoms with Gasteiger partial charge in [-0.3, -0.25) is 4.79 Å². The normalized spacial score (nSPS) is 15.2. The highest BCUT2D eigenvalue weighted by atomic mass is 32.2. The second kappa shape index (κ2) is 4.96. The molecule has 2 atom stereocenters. The zero-order valence-electron chi connectivity index (χ0n) is 6.01. The van der Waals surface area contributed by atoms with Crippen LogP contribution in [-0.4, -0.2) is 44.5 Å². The molecule has 0 bridgehead atoms. The second-order valence-corrected chi connectivity index (χ2v) is 3.08. The van der Waals surface area contributed by atoms with E-state index >= 15 is 0 Å². The van der Waals surface area contributed by atoms with Crippen molar-refractivity contribution >= 4 is 23.7 Å². The topological polar surface area (TPSA) is 121 Å². The van der Waals surface area contributed by atoms with Crippen LogP contribution < -0.4 is 5.73 Å². The van der Waals surface area contributed by atoms with Crippen molar-refractivity contribution in [2.45, 2.75) is 11.5 Å².